The number of halogens is 3. The summed E-state index contributed by atoms with van der Waals surface area (Å²) in [7, 11) is 0. The molecule has 5 nitrogen and oxygen atoms in total. The fourth-order valence-electron chi connectivity index (χ4n) is 3.15. The number of carbonyl (C=O) groups excluding carboxylic acids is 1. The van der Waals surface area contributed by atoms with E-state index in [-0.39, 0.29) is 23.6 Å². The monoisotopic (exact) mass is 393 g/mol. The van der Waals surface area contributed by atoms with Crippen LogP contribution in [0.25, 0.3) is 0 Å². The highest BCUT2D eigenvalue weighted by atomic mass is 19.4. The minimum Gasteiger partial charge on any atom is -0.439 e. The molecule has 1 aromatic carbocycles. The number of piperidine rings is 1. The van der Waals surface area contributed by atoms with Gasteiger partial charge >= 0.3 is 6.18 Å². The number of hydrogen-bond donors (Lipinski definition) is 1. The van der Waals surface area contributed by atoms with Crippen LogP contribution in [0.2, 0.25) is 0 Å². The number of nitrogens with one attached hydrogen (secondary N) is 1. The van der Waals surface area contributed by atoms with E-state index in [4.69, 9.17) is 4.74 Å². The summed E-state index contributed by atoms with van der Waals surface area (Å²) in [5.41, 5.74) is -0.00764. The highest BCUT2D eigenvalue weighted by Gasteiger charge is 2.30. The largest absolute Gasteiger partial charge is 0.439 e. The predicted octanol–water partition coefficient (Wildman–Crippen LogP) is 3.99. The second-order valence-corrected chi connectivity index (χ2v) is 6.76. The molecular weight excluding hydrogens is 371 g/mol. The van der Waals surface area contributed by atoms with E-state index in [1.165, 1.54) is 18.3 Å². The molecule has 0 saturated carbocycles. The van der Waals surface area contributed by atoms with Crippen LogP contribution < -0.4 is 10.1 Å². The number of likely N-dealkylation sites (tertiary alicyclic amines) is 1. The van der Waals surface area contributed by atoms with E-state index < -0.39 is 11.7 Å². The summed E-state index contributed by atoms with van der Waals surface area (Å²) in [5.74, 6) is 0.447. The molecule has 1 aromatic heterocycles. The number of benzene rings is 1. The average Bonchev–Trinajstić information content (AvgIpc) is 2.67. The molecule has 1 amide bonds. The molecule has 1 fully saturated rings. The molecule has 0 aliphatic carbocycles. The molecule has 8 heteroatoms. The van der Waals surface area contributed by atoms with Gasteiger partial charge in [0.1, 0.15) is 5.75 Å². The molecule has 2 aromatic rings. The Morgan fingerprint density at radius 2 is 2.00 bits per heavy atom. The molecule has 0 bridgehead atoms. The normalized spacial score (nSPS) is 15.5. The molecule has 1 aliphatic rings. The molecule has 0 spiro atoms. The highest BCUT2D eigenvalue weighted by Crippen LogP contribution is 2.33. The van der Waals surface area contributed by atoms with Gasteiger partial charge in [0.25, 0.3) is 0 Å². The first-order chi connectivity index (χ1) is 13.3. The average molecular weight is 393 g/mol. The van der Waals surface area contributed by atoms with Crippen LogP contribution in [0.4, 0.5) is 13.2 Å². The van der Waals surface area contributed by atoms with Crippen LogP contribution in [0, 0.1) is 0 Å². The number of carbonyl (C=O) groups is 1. The first-order valence-electron chi connectivity index (χ1n) is 9.11. The van der Waals surface area contributed by atoms with E-state index in [1.807, 2.05) is 11.0 Å². The Morgan fingerprint density at radius 1 is 1.25 bits per heavy atom. The standard InChI is InChI=1S/C20H22F3N3O2/c1-14(27)26-10-7-17(8-11-26)25-13-15-4-3-9-24-19(15)28-18-6-2-5-16(12-18)20(21,22)23/h2-6,9,12,17,25H,7-8,10-11,13H2,1H3. The number of aromatic nitrogens is 1. The second-order valence-electron chi connectivity index (χ2n) is 6.76. The van der Waals surface area contributed by atoms with Gasteiger partial charge in [-0.05, 0) is 37.1 Å². The minimum atomic E-state index is -4.43. The van der Waals surface area contributed by atoms with Gasteiger partial charge in [-0.25, -0.2) is 4.98 Å². The van der Waals surface area contributed by atoms with Gasteiger partial charge in [0, 0.05) is 44.4 Å². The third-order valence-electron chi connectivity index (χ3n) is 4.75. The molecule has 0 unspecified atom stereocenters. The van der Waals surface area contributed by atoms with Gasteiger partial charge in [0.2, 0.25) is 11.8 Å². The Balaban J connectivity index is 1.63. The van der Waals surface area contributed by atoms with Crippen LogP contribution >= 0.6 is 0 Å². The van der Waals surface area contributed by atoms with Crippen LogP contribution in [-0.2, 0) is 17.5 Å². The van der Waals surface area contributed by atoms with Gasteiger partial charge in [-0.15, -0.1) is 0 Å². The van der Waals surface area contributed by atoms with E-state index in [2.05, 4.69) is 10.3 Å². The lowest BCUT2D eigenvalue weighted by molar-refractivity contribution is -0.137. The van der Waals surface area contributed by atoms with Crippen LogP contribution in [0.15, 0.2) is 42.6 Å². The Morgan fingerprint density at radius 3 is 2.68 bits per heavy atom. The topological polar surface area (TPSA) is 54.5 Å². The van der Waals surface area contributed by atoms with E-state index >= 15 is 0 Å². The summed E-state index contributed by atoms with van der Waals surface area (Å²) in [6.45, 7) is 3.48. The molecule has 1 N–H and O–H groups in total. The Bertz CT molecular complexity index is 818. The maximum absolute atomic E-state index is 12.9. The molecule has 1 aliphatic heterocycles. The van der Waals surface area contributed by atoms with Gasteiger partial charge in [0.15, 0.2) is 0 Å². The summed E-state index contributed by atoms with van der Waals surface area (Å²) in [4.78, 5) is 17.4. The smallest absolute Gasteiger partial charge is 0.416 e. The molecule has 0 radical (unpaired) electrons. The summed E-state index contributed by atoms with van der Waals surface area (Å²) in [6.07, 6.45) is -1.19. The Kier molecular flexibility index (Phi) is 6.18. The van der Waals surface area contributed by atoms with E-state index in [0.717, 1.165) is 30.5 Å². The van der Waals surface area contributed by atoms with Gasteiger partial charge in [0.05, 0.1) is 5.56 Å². The van der Waals surface area contributed by atoms with Crippen molar-refractivity contribution >= 4 is 5.91 Å². The maximum atomic E-state index is 12.9. The summed E-state index contributed by atoms with van der Waals surface area (Å²) >= 11 is 0. The van der Waals surface area contributed by atoms with Gasteiger partial charge in [-0.3, -0.25) is 4.79 Å². The van der Waals surface area contributed by atoms with Crippen LogP contribution in [-0.4, -0.2) is 34.9 Å². The molecule has 0 atom stereocenters. The Labute approximate surface area is 161 Å². The quantitative estimate of drug-likeness (QED) is 0.835. The Hall–Kier alpha value is -2.61. The number of amides is 1. The third-order valence-corrected chi connectivity index (χ3v) is 4.75. The zero-order chi connectivity index (χ0) is 20.1. The molecule has 150 valence electrons. The minimum absolute atomic E-state index is 0.0856. The number of pyridine rings is 1. The zero-order valence-corrected chi connectivity index (χ0v) is 15.5. The lowest BCUT2D eigenvalue weighted by Gasteiger charge is -2.31. The van der Waals surface area contributed by atoms with Crippen molar-refractivity contribution in [2.24, 2.45) is 0 Å². The molecule has 1 saturated heterocycles. The number of ether oxygens (including phenoxy) is 1. The van der Waals surface area contributed by atoms with Crippen molar-refractivity contribution in [3.63, 3.8) is 0 Å². The van der Waals surface area contributed by atoms with Crippen molar-refractivity contribution in [1.29, 1.82) is 0 Å². The summed E-state index contributed by atoms with van der Waals surface area (Å²) in [6, 6.07) is 8.59. The van der Waals surface area contributed by atoms with Crippen molar-refractivity contribution in [3.05, 3.63) is 53.7 Å². The molecular formula is C20H22F3N3O2. The van der Waals surface area contributed by atoms with Crippen molar-refractivity contribution in [2.75, 3.05) is 13.1 Å². The molecule has 2 heterocycles. The number of alkyl halides is 3. The number of nitrogens with zero attached hydrogens (tertiary/aromatic N) is 2. The highest BCUT2D eigenvalue weighted by molar-refractivity contribution is 5.73. The van der Waals surface area contributed by atoms with Crippen LogP contribution in [0.1, 0.15) is 30.9 Å². The molecule has 28 heavy (non-hydrogen) atoms. The van der Waals surface area contributed by atoms with Crippen molar-refractivity contribution in [3.8, 4) is 11.6 Å². The van der Waals surface area contributed by atoms with Crippen LogP contribution in [0.5, 0.6) is 11.6 Å². The van der Waals surface area contributed by atoms with Crippen LogP contribution in [0.3, 0.4) is 0 Å². The van der Waals surface area contributed by atoms with Crippen molar-refractivity contribution in [1.82, 2.24) is 15.2 Å². The second kappa shape index (κ2) is 8.60. The maximum Gasteiger partial charge on any atom is 0.416 e. The SMILES string of the molecule is CC(=O)N1CCC(NCc2cccnc2Oc2cccc(C(F)(F)F)c2)CC1. The molecule has 3 rings (SSSR count). The van der Waals surface area contributed by atoms with Gasteiger partial charge < -0.3 is 15.0 Å². The fourth-order valence-corrected chi connectivity index (χ4v) is 3.15. The lowest BCUT2D eigenvalue weighted by atomic mass is 10.0. The van der Waals surface area contributed by atoms with Crippen molar-refractivity contribution in [2.45, 2.75) is 38.5 Å². The summed E-state index contributed by atoms with van der Waals surface area (Å²) in [5, 5.41) is 3.42. The van der Waals surface area contributed by atoms with Gasteiger partial charge in [-0.1, -0.05) is 12.1 Å². The zero-order valence-electron chi connectivity index (χ0n) is 15.5. The third kappa shape index (κ3) is 5.22. The van der Waals surface area contributed by atoms with E-state index in [1.54, 1.807) is 13.0 Å². The fraction of sp³-hybridized carbons (Fsp3) is 0.400. The van der Waals surface area contributed by atoms with E-state index in [0.29, 0.717) is 19.6 Å². The van der Waals surface area contributed by atoms with E-state index in [9.17, 15) is 18.0 Å². The lowest BCUT2D eigenvalue weighted by Crippen LogP contribution is -2.43. The summed E-state index contributed by atoms with van der Waals surface area (Å²) < 4.78 is 44.3. The van der Waals surface area contributed by atoms with Crippen molar-refractivity contribution < 1.29 is 22.7 Å². The van der Waals surface area contributed by atoms with Gasteiger partial charge in [-0.2, -0.15) is 13.2 Å². The predicted molar refractivity (Wildman–Crippen MR) is 97.9 cm³/mol. The first kappa shape index (κ1) is 20.1. The number of rotatable bonds is 5. The first-order valence-corrected chi connectivity index (χ1v) is 9.11. The number of hydrogen-bond acceptors (Lipinski definition) is 4.